The molecule has 1 heterocycles. The van der Waals surface area contributed by atoms with Crippen LogP contribution >= 0.6 is 12.4 Å². The highest BCUT2D eigenvalue weighted by molar-refractivity contribution is 5.89. The first-order valence-electron chi connectivity index (χ1n) is 8.83. The molecule has 1 saturated carbocycles. The second-order valence-electron chi connectivity index (χ2n) is 6.59. The average Bonchev–Trinajstić information content (AvgIpc) is 2.94. The summed E-state index contributed by atoms with van der Waals surface area (Å²) >= 11 is 0. The van der Waals surface area contributed by atoms with E-state index < -0.39 is 12.1 Å². The van der Waals surface area contributed by atoms with Crippen molar-refractivity contribution in [2.24, 2.45) is 0 Å². The van der Waals surface area contributed by atoms with Gasteiger partial charge in [0.25, 0.3) is 0 Å². The Bertz CT molecular complexity index is 600. The number of benzene rings is 1. The summed E-state index contributed by atoms with van der Waals surface area (Å²) in [6.45, 7) is 3.28. The van der Waals surface area contributed by atoms with Crippen LogP contribution in [0.2, 0.25) is 0 Å². The number of rotatable bonds is 6. The van der Waals surface area contributed by atoms with E-state index in [9.17, 15) is 9.90 Å². The van der Waals surface area contributed by atoms with E-state index in [2.05, 4.69) is 5.32 Å². The van der Waals surface area contributed by atoms with E-state index in [0.29, 0.717) is 23.9 Å². The van der Waals surface area contributed by atoms with Gasteiger partial charge in [0.2, 0.25) is 0 Å². The second kappa shape index (κ2) is 9.22. The molecule has 0 spiro atoms. The predicted molar refractivity (Wildman–Crippen MR) is 99.4 cm³/mol. The minimum Gasteiger partial charge on any atom is -0.478 e. The third kappa shape index (κ3) is 4.75. The molecule has 1 aliphatic heterocycles. The summed E-state index contributed by atoms with van der Waals surface area (Å²) in [5, 5.41) is 14.9. The van der Waals surface area contributed by atoms with Crippen molar-refractivity contribution in [2.45, 2.75) is 51.2 Å². The van der Waals surface area contributed by atoms with Gasteiger partial charge in [0.1, 0.15) is 6.10 Å². The van der Waals surface area contributed by atoms with Gasteiger partial charge in [-0.15, -0.1) is 12.4 Å². The zero-order valence-corrected chi connectivity index (χ0v) is 15.4. The first-order valence-corrected chi connectivity index (χ1v) is 8.83. The van der Waals surface area contributed by atoms with Crippen LogP contribution in [0.1, 0.15) is 50.7 Å². The summed E-state index contributed by atoms with van der Waals surface area (Å²) in [7, 11) is 0. The molecule has 1 aromatic carbocycles. The number of allylic oxidation sites excluding steroid dienone is 1. The first kappa shape index (κ1) is 19.8. The maximum Gasteiger partial charge on any atom is 0.336 e. The molecule has 0 aromatic heterocycles. The summed E-state index contributed by atoms with van der Waals surface area (Å²) in [5.41, 5.74) is 1.90. The van der Waals surface area contributed by atoms with Crippen LogP contribution in [0.4, 0.5) is 0 Å². The van der Waals surface area contributed by atoms with Crippen molar-refractivity contribution in [3.05, 3.63) is 47.2 Å². The maximum absolute atomic E-state index is 11.7. The third-order valence-corrected chi connectivity index (χ3v) is 4.94. The fraction of sp³-hybridized carbons (Fsp3) is 0.526. The molecule has 1 atom stereocenters. The molecule has 0 bridgehead atoms. The van der Waals surface area contributed by atoms with Gasteiger partial charge in [-0.1, -0.05) is 49.6 Å². The SMILES string of the molecule is CC1=C(C(=O)O)C(c2ccccc2)ON1CCNC1CCCCC1.Cl. The van der Waals surface area contributed by atoms with Crippen LogP contribution in [0.5, 0.6) is 0 Å². The van der Waals surface area contributed by atoms with Gasteiger partial charge in [-0.2, -0.15) is 0 Å². The number of nitrogens with zero attached hydrogens (tertiary/aromatic N) is 1. The van der Waals surface area contributed by atoms with Gasteiger partial charge in [-0.3, -0.25) is 9.90 Å². The smallest absolute Gasteiger partial charge is 0.336 e. The topological polar surface area (TPSA) is 61.8 Å². The monoisotopic (exact) mass is 366 g/mol. The number of aliphatic carboxylic acids is 1. The lowest BCUT2D eigenvalue weighted by Gasteiger charge is -2.25. The zero-order valence-electron chi connectivity index (χ0n) is 14.6. The van der Waals surface area contributed by atoms with E-state index in [-0.39, 0.29) is 12.4 Å². The molecule has 5 nitrogen and oxygen atoms in total. The molecule has 1 fully saturated rings. The molecule has 2 aliphatic rings. The molecule has 0 amide bonds. The first-order chi connectivity index (χ1) is 11.7. The highest BCUT2D eigenvalue weighted by Gasteiger charge is 2.35. The Hall–Kier alpha value is -1.56. The highest BCUT2D eigenvalue weighted by atomic mass is 35.5. The number of carbonyl (C=O) groups is 1. The Morgan fingerprint density at radius 3 is 2.56 bits per heavy atom. The number of hydrogen-bond acceptors (Lipinski definition) is 4. The summed E-state index contributed by atoms with van der Waals surface area (Å²) in [6.07, 6.45) is 5.89. The Morgan fingerprint density at radius 2 is 1.92 bits per heavy atom. The van der Waals surface area contributed by atoms with E-state index in [1.54, 1.807) is 5.06 Å². The summed E-state index contributed by atoms with van der Waals surface area (Å²) < 4.78 is 0. The van der Waals surface area contributed by atoms with E-state index in [0.717, 1.165) is 12.1 Å². The fourth-order valence-corrected chi connectivity index (χ4v) is 3.60. The number of halogens is 1. The lowest BCUT2D eigenvalue weighted by atomic mass is 9.95. The standard InChI is InChI=1S/C19H26N2O3.ClH/c1-14-17(19(22)23)18(15-8-4-2-5-9-15)24-21(14)13-12-20-16-10-6-3-7-11-16;/h2,4-5,8-9,16,18,20H,3,6-7,10-13H2,1H3,(H,22,23);1H. The largest absolute Gasteiger partial charge is 0.478 e. The predicted octanol–water partition coefficient (Wildman–Crippen LogP) is 3.68. The van der Waals surface area contributed by atoms with E-state index in [4.69, 9.17) is 4.84 Å². The Balaban J connectivity index is 0.00000225. The van der Waals surface area contributed by atoms with Crippen molar-refractivity contribution in [3.63, 3.8) is 0 Å². The van der Waals surface area contributed by atoms with Crippen LogP contribution in [-0.4, -0.2) is 35.3 Å². The van der Waals surface area contributed by atoms with Crippen LogP contribution < -0.4 is 5.32 Å². The minimum absolute atomic E-state index is 0. The highest BCUT2D eigenvalue weighted by Crippen LogP contribution is 2.36. The molecule has 1 aliphatic carbocycles. The van der Waals surface area contributed by atoms with Crippen LogP contribution in [0.15, 0.2) is 41.6 Å². The van der Waals surface area contributed by atoms with Crippen molar-refractivity contribution in [1.82, 2.24) is 10.4 Å². The zero-order chi connectivity index (χ0) is 16.9. The number of carboxylic acid groups (broad SMARTS) is 1. The maximum atomic E-state index is 11.7. The molecule has 1 unspecified atom stereocenters. The average molecular weight is 367 g/mol. The molecule has 138 valence electrons. The van der Waals surface area contributed by atoms with Crippen molar-refractivity contribution < 1.29 is 14.7 Å². The molecule has 0 saturated heterocycles. The number of nitrogens with one attached hydrogen (secondary N) is 1. The van der Waals surface area contributed by atoms with Gasteiger partial charge in [-0.05, 0) is 25.3 Å². The Labute approximate surface area is 155 Å². The van der Waals surface area contributed by atoms with Gasteiger partial charge in [0, 0.05) is 12.6 Å². The van der Waals surface area contributed by atoms with Gasteiger partial charge < -0.3 is 10.4 Å². The summed E-state index contributed by atoms with van der Waals surface area (Å²) in [6, 6.07) is 10.1. The normalized spacial score (nSPS) is 21.3. The Kier molecular flexibility index (Phi) is 7.29. The van der Waals surface area contributed by atoms with Crippen molar-refractivity contribution in [1.29, 1.82) is 0 Å². The summed E-state index contributed by atoms with van der Waals surface area (Å²) in [4.78, 5) is 17.6. The quantitative estimate of drug-likeness (QED) is 0.804. The van der Waals surface area contributed by atoms with Gasteiger partial charge in [0.15, 0.2) is 0 Å². The number of hydrogen-bond donors (Lipinski definition) is 2. The van der Waals surface area contributed by atoms with Crippen LogP contribution in [-0.2, 0) is 9.63 Å². The van der Waals surface area contributed by atoms with Crippen molar-refractivity contribution >= 4 is 18.4 Å². The molecule has 3 rings (SSSR count). The van der Waals surface area contributed by atoms with E-state index >= 15 is 0 Å². The summed E-state index contributed by atoms with van der Waals surface area (Å²) in [5.74, 6) is -0.913. The van der Waals surface area contributed by atoms with Crippen LogP contribution in [0.3, 0.4) is 0 Å². The van der Waals surface area contributed by atoms with Crippen LogP contribution in [0, 0.1) is 0 Å². The fourth-order valence-electron chi connectivity index (χ4n) is 3.60. The minimum atomic E-state index is -0.913. The van der Waals surface area contributed by atoms with Gasteiger partial charge in [-0.25, -0.2) is 4.79 Å². The molecule has 0 radical (unpaired) electrons. The molecule has 6 heteroatoms. The molecule has 25 heavy (non-hydrogen) atoms. The Morgan fingerprint density at radius 1 is 1.24 bits per heavy atom. The molecule has 1 aromatic rings. The van der Waals surface area contributed by atoms with E-state index in [1.165, 1.54) is 32.1 Å². The second-order valence-corrected chi connectivity index (χ2v) is 6.59. The van der Waals surface area contributed by atoms with Crippen molar-refractivity contribution in [3.8, 4) is 0 Å². The van der Waals surface area contributed by atoms with Crippen molar-refractivity contribution in [2.75, 3.05) is 13.1 Å². The van der Waals surface area contributed by atoms with Gasteiger partial charge in [0.05, 0.1) is 17.8 Å². The lowest BCUT2D eigenvalue weighted by Crippen LogP contribution is -2.36. The van der Waals surface area contributed by atoms with Crippen LogP contribution in [0.25, 0.3) is 0 Å². The van der Waals surface area contributed by atoms with Gasteiger partial charge >= 0.3 is 5.97 Å². The van der Waals surface area contributed by atoms with E-state index in [1.807, 2.05) is 37.3 Å². The molecule has 2 N–H and O–H groups in total. The third-order valence-electron chi connectivity index (χ3n) is 4.94. The molecular weight excluding hydrogens is 340 g/mol. The molecular formula is C19H27ClN2O3. The number of carboxylic acids is 1. The number of hydroxylamine groups is 2. The lowest BCUT2D eigenvalue weighted by molar-refractivity contribution is -0.146.